The van der Waals surface area contributed by atoms with Gasteiger partial charge in [0.15, 0.2) is 11.6 Å². The molecule has 0 aromatic heterocycles. The van der Waals surface area contributed by atoms with Crippen molar-refractivity contribution in [2.75, 3.05) is 13.2 Å². The van der Waals surface area contributed by atoms with E-state index < -0.39 is 5.41 Å². The highest BCUT2D eigenvalue weighted by molar-refractivity contribution is 6.21. The van der Waals surface area contributed by atoms with Gasteiger partial charge in [-0.3, -0.25) is 9.59 Å². The number of carbonyl (C=O) groups excluding carboxylic acids is 2. The second kappa shape index (κ2) is 5.64. The third-order valence-electron chi connectivity index (χ3n) is 7.89. The number of ketones is 2. The van der Waals surface area contributed by atoms with Crippen LogP contribution in [0.2, 0.25) is 0 Å². The summed E-state index contributed by atoms with van der Waals surface area (Å²) in [5.41, 5.74) is 0.406. The van der Waals surface area contributed by atoms with Gasteiger partial charge in [-0.2, -0.15) is 0 Å². The molecule has 5 rings (SSSR count). The van der Waals surface area contributed by atoms with Gasteiger partial charge in [0, 0.05) is 12.0 Å². The molecule has 0 aromatic carbocycles. The van der Waals surface area contributed by atoms with Crippen molar-refractivity contribution in [1.82, 2.24) is 0 Å². The lowest BCUT2D eigenvalue weighted by Crippen LogP contribution is -2.68. The zero-order valence-electron chi connectivity index (χ0n) is 15.6. The third kappa shape index (κ3) is 1.96. The van der Waals surface area contributed by atoms with Crippen molar-refractivity contribution in [2.24, 2.45) is 34.5 Å². The fraction of sp³-hybridized carbons (Fsp3) is 0.727. The van der Waals surface area contributed by atoms with Crippen LogP contribution in [0.15, 0.2) is 24.3 Å². The van der Waals surface area contributed by atoms with E-state index in [0.29, 0.717) is 30.8 Å². The monoisotopic (exact) mass is 342 g/mol. The Balaban J connectivity index is 1.89. The lowest BCUT2D eigenvalue weighted by atomic mass is 9.37. The van der Waals surface area contributed by atoms with Crippen LogP contribution in [-0.2, 0) is 14.3 Å². The van der Waals surface area contributed by atoms with Gasteiger partial charge in [-0.25, -0.2) is 0 Å². The average Bonchev–Trinajstić information content (AvgIpc) is 2.61. The first-order chi connectivity index (χ1) is 11.9. The number of ether oxygens (including phenoxy) is 1. The number of rotatable bonds is 3. The molecular formula is C22H30O3. The maximum atomic E-state index is 13.5. The SMILES string of the molecule is C=C1C(=O)[C@@]23CC[C@@H](CC2[C@@]2(CCCC)COC[C@@H](C)C12)C(=C)C3=O. The Hall–Kier alpha value is -1.22. The topological polar surface area (TPSA) is 43.4 Å². The third-order valence-corrected chi connectivity index (χ3v) is 7.89. The minimum Gasteiger partial charge on any atom is -0.381 e. The Morgan fingerprint density at radius 3 is 2.64 bits per heavy atom. The summed E-state index contributed by atoms with van der Waals surface area (Å²) < 4.78 is 6.06. The van der Waals surface area contributed by atoms with Crippen LogP contribution in [0.25, 0.3) is 0 Å². The fourth-order valence-electron chi connectivity index (χ4n) is 6.87. The molecule has 6 atom stereocenters. The lowest BCUT2D eigenvalue weighted by molar-refractivity contribution is -0.190. The Labute approximate surface area is 150 Å². The molecule has 2 bridgehead atoms. The largest absolute Gasteiger partial charge is 0.381 e. The highest BCUT2D eigenvalue weighted by atomic mass is 16.5. The van der Waals surface area contributed by atoms with E-state index in [1.165, 1.54) is 0 Å². The molecule has 3 heteroatoms. The molecule has 0 amide bonds. The normalized spacial score (nSPS) is 46.2. The van der Waals surface area contributed by atoms with Gasteiger partial charge in [0.25, 0.3) is 0 Å². The predicted molar refractivity (Wildman–Crippen MR) is 97.0 cm³/mol. The Kier molecular flexibility index (Phi) is 3.88. The zero-order valence-corrected chi connectivity index (χ0v) is 15.6. The molecule has 0 N–H and O–H groups in total. The molecule has 1 heterocycles. The molecule has 1 aliphatic heterocycles. The van der Waals surface area contributed by atoms with Crippen molar-refractivity contribution in [1.29, 1.82) is 0 Å². The summed E-state index contributed by atoms with van der Waals surface area (Å²) in [5.74, 6) is 0.879. The molecule has 1 spiro atoms. The number of hydrogen-bond acceptors (Lipinski definition) is 3. The van der Waals surface area contributed by atoms with E-state index >= 15 is 0 Å². The summed E-state index contributed by atoms with van der Waals surface area (Å²) in [7, 11) is 0. The zero-order chi connectivity index (χ0) is 18.0. The van der Waals surface area contributed by atoms with Crippen LogP contribution >= 0.6 is 0 Å². The maximum Gasteiger partial charge on any atom is 0.172 e. The van der Waals surface area contributed by atoms with E-state index in [2.05, 4.69) is 27.0 Å². The van der Waals surface area contributed by atoms with Crippen molar-refractivity contribution in [3.63, 3.8) is 0 Å². The summed E-state index contributed by atoms with van der Waals surface area (Å²) in [6, 6.07) is 0. The van der Waals surface area contributed by atoms with Crippen LogP contribution in [0.3, 0.4) is 0 Å². The molecule has 25 heavy (non-hydrogen) atoms. The molecule has 0 radical (unpaired) electrons. The van der Waals surface area contributed by atoms with Crippen LogP contribution in [0.4, 0.5) is 0 Å². The summed E-state index contributed by atoms with van der Waals surface area (Å²) in [5, 5.41) is 0. The fourth-order valence-corrected chi connectivity index (χ4v) is 6.87. The van der Waals surface area contributed by atoms with Crippen LogP contribution in [0.5, 0.6) is 0 Å². The lowest BCUT2D eigenvalue weighted by Gasteiger charge is -2.65. The van der Waals surface area contributed by atoms with Gasteiger partial charge < -0.3 is 4.74 Å². The molecule has 5 fully saturated rings. The van der Waals surface area contributed by atoms with Gasteiger partial charge >= 0.3 is 0 Å². The van der Waals surface area contributed by atoms with Gasteiger partial charge in [-0.05, 0) is 60.5 Å². The highest BCUT2D eigenvalue weighted by Crippen LogP contribution is 2.68. The highest BCUT2D eigenvalue weighted by Gasteiger charge is 2.71. The van der Waals surface area contributed by atoms with Gasteiger partial charge in [-0.15, -0.1) is 0 Å². The van der Waals surface area contributed by atoms with Crippen molar-refractivity contribution in [3.8, 4) is 0 Å². The molecule has 4 aliphatic carbocycles. The van der Waals surface area contributed by atoms with E-state index in [9.17, 15) is 9.59 Å². The first kappa shape index (κ1) is 17.2. The summed E-state index contributed by atoms with van der Waals surface area (Å²) in [6.07, 6.45) is 5.80. The van der Waals surface area contributed by atoms with Crippen LogP contribution in [-0.4, -0.2) is 24.8 Å². The number of hydrogen-bond donors (Lipinski definition) is 0. The van der Waals surface area contributed by atoms with Crippen molar-refractivity contribution < 1.29 is 14.3 Å². The first-order valence-electron chi connectivity index (χ1n) is 9.95. The van der Waals surface area contributed by atoms with E-state index in [4.69, 9.17) is 4.74 Å². The van der Waals surface area contributed by atoms with Crippen LogP contribution < -0.4 is 0 Å². The Bertz CT molecular complexity index is 662. The van der Waals surface area contributed by atoms with E-state index in [1.54, 1.807) is 0 Å². The number of unbranched alkanes of at least 4 members (excludes halogenated alkanes) is 1. The Morgan fingerprint density at radius 1 is 1.20 bits per heavy atom. The minimum atomic E-state index is -0.881. The minimum absolute atomic E-state index is 0.0266. The quantitative estimate of drug-likeness (QED) is 0.572. The smallest absolute Gasteiger partial charge is 0.172 e. The number of carbonyl (C=O) groups is 2. The average molecular weight is 342 g/mol. The van der Waals surface area contributed by atoms with Crippen molar-refractivity contribution >= 4 is 11.6 Å². The molecule has 5 aliphatic rings. The maximum absolute atomic E-state index is 13.5. The molecular weight excluding hydrogens is 312 g/mol. The summed E-state index contributed by atoms with van der Waals surface area (Å²) in [6.45, 7) is 14.1. The van der Waals surface area contributed by atoms with Gasteiger partial charge in [0.05, 0.1) is 12.0 Å². The molecule has 136 valence electrons. The van der Waals surface area contributed by atoms with Crippen molar-refractivity contribution in [2.45, 2.75) is 52.4 Å². The number of fused-ring (bicyclic) bond motifs is 3. The van der Waals surface area contributed by atoms with Crippen LogP contribution in [0.1, 0.15) is 52.4 Å². The van der Waals surface area contributed by atoms with Gasteiger partial charge in [0.2, 0.25) is 0 Å². The first-order valence-corrected chi connectivity index (χ1v) is 9.95. The number of allylic oxidation sites excluding steroid dienone is 2. The molecule has 4 saturated carbocycles. The van der Waals surface area contributed by atoms with E-state index in [0.717, 1.165) is 32.1 Å². The molecule has 0 aromatic rings. The summed E-state index contributed by atoms with van der Waals surface area (Å²) in [4.78, 5) is 26.8. The summed E-state index contributed by atoms with van der Waals surface area (Å²) >= 11 is 0. The number of Topliss-reactive ketones (excluding diaryl/α,β-unsaturated/α-hetero) is 2. The van der Waals surface area contributed by atoms with Gasteiger partial charge in [-0.1, -0.05) is 39.8 Å². The second-order valence-corrected chi connectivity index (χ2v) is 9.01. The van der Waals surface area contributed by atoms with E-state index in [-0.39, 0.29) is 40.7 Å². The molecule has 1 saturated heterocycles. The van der Waals surface area contributed by atoms with E-state index in [1.807, 2.05) is 0 Å². The van der Waals surface area contributed by atoms with Crippen LogP contribution in [0, 0.1) is 34.5 Å². The molecule has 2 unspecified atom stereocenters. The predicted octanol–water partition coefficient (Wildman–Crippen LogP) is 4.13. The Morgan fingerprint density at radius 2 is 1.92 bits per heavy atom. The van der Waals surface area contributed by atoms with Gasteiger partial charge in [0.1, 0.15) is 0 Å². The van der Waals surface area contributed by atoms with Crippen molar-refractivity contribution in [3.05, 3.63) is 24.3 Å². The standard InChI is InChI=1S/C22H30O3/c1-5-6-8-21-12-25-11-13(2)18(21)15(4)20(24)22-9-7-16(10-17(21)22)14(3)19(22)23/h13,16-18H,3-12H2,1-2H3/t13-,16+,17?,18?,21-,22+/m1/s1. The molecule has 3 nitrogen and oxygen atoms in total. The second-order valence-electron chi connectivity index (χ2n) is 9.01.